The number of carboxylic acids is 1. The second kappa shape index (κ2) is 6.36. The van der Waals surface area contributed by atoms with Crippen molar-refractivity contribution in [3.05, 3.63) is 0 Å². The zero-order chi connectivity index (χ0) is 13.0. The molecular weight excluding hydrogens is 216 g/mol. The van der Waals surface area contributed by atoms with E-state index in [0.717, 1.165) is 26.1 Å². The first-order chi connectivity index (χ1) is 7.90. The van der Waals surface area contributed by atoms with E-state index >= 15 is 0 Å². The van der Waals surface area contributed by atoms with Crippen LogP contribution >= 0.6 is 0 Å². The Balaban J connectivity index is 2.55. The number of aliphatic carboxylic acids is 1. The van der Waals surface area contributed by atoms with Crippen LogP contribution in [0.3, 0.4) is 0 Å². The summed E-state index contributed by atoms with van der Waals surface area (Å²) in [4.78, 5) is 15.5. The van der Waals surface area contributed by atoms with Crippen molar-refractivity contribution in [3.63, 3.8) is 0 Å². The lowest BCUT2D eigenvalue weighted by atomic mass is 10.1. The van der Waals surface area contributed by atoms with Crippen LogP contribution in [-0.2, 0) is 4.79 Å². The lowest BCUT2D eigenvalue weighted by Crippen LogP contribution is -2.43. The van der Waals surface area contributed by atoms with Crippen LogP contribution in [0.5, 0.6) is 0 Å². The Hall–Kier alpha value is -0.610. The largest absolute Gasteiger partial charge is 0.480 e. The van der Waals surface area contributed by atoms with Crippen LogP contribution in [0.1, 0.15) is 34.1 Å². The van der Waals surface area contributed by atoms with E-state index < -0.39 is 5.97 Å². The van der Waals surface area contributed by atoms with Crippen LogP contribution in [0.2, 0.25) is 0 Å². The van der Waals surface area contributed by atoms with Crippen molar-refractivity contribution in [2.75, 3.05) is 26.2 Å². The Morgan fingerprint density at radius 2 is 2.06 bits per heavy atom. The number of rotatable bonds is 6. The fourth-order valence-corrected chi connectivity index (χ4v) is 2.52. The quantitative estimate of drug-likeness (QED) is 0.767. The summed E-state index contributed by atoms with van der Waals surface area (Å²) in [6.07, 6.45) is 1.10. The summed E-state index contributed by atoms with van der Waals surface area (Å²) < 4.78 is 0. The van der Waals surface area contributed by atoms with E-state index in [4.69, 9.17) is 5.11 Å². The third-order valence-corrected chi connectivity index (χ3v) is 3.38. The standard InChI is InChI=1S/C13H26N2O2/c1-10(2)7-15(9-13(16)17)12-5-6-14(8-12)11(3)4/h10-12H,5-9H2,1-4H3,(H,16,17). The van der Waals surface area contributed by atoms with Crippen LogP contribution < -0.4 is 0 Å². The second-order valence-corrected chi connectivity index (χ2v) is 5.75. The van der Waals surface area contributed by atoms with Crippen LogP contribution in [0.15, 0.2) is 0 Å². The molecule has 0 radical (unpaired) electrons. The monoisotopic (exact) mass is 242 g/mol. The van der Waals surface area contributed by atoms with Crippen molar-refractivity contribution in [1.29, 1.82) is 0 Å². The van der Waals surface area contributed by atoms with E-state index in [1.165, 1.54) is 0 Å². The number of carbonyl (C=O) groups is 1. The lowest BCUT2D eigenvalue weighted by Gasteiger charge is -2.29. The number of likely N-dealkylation sites (tertiary alicyclic amines) is 1. The summed E-state index contributed by atoms with van der Waals surface area (Å²) >= 11 is 0. The maximum absolute atomic E-state index is 10.9. The fraction of sp³-hybridized carbons (Fsp3) is 0.923. The van der Waals surface area contributed by atoms with Crippen LogP contribution in [0, 0.1) is 5.92 Å². The number of nitrogens with zero attached hydrogens (tertiary/aromatic N) is 2. The first-order valence-electron chi connectivity index (χ1n) is 6.60. The van der Waals surface area contributed by atoms with E-state index in [2.05, 4.69) is 37.5 Å². The van der Waals surface area contributed by atoms with E-state index in [9.17, 15) is 4.79 Å². The third kappa shape index (κ3) is 4.64. The van der Waals surface area contributed by atoms with Crippen molar-refractivity contribution in [2.24, 2.45) is 5.92 Å². The Labute approximate surface area is 105 Å². The zero-order valence-electron chi connectivity index (χ0n) is 11.5. The highest BCUT2D eigenvalue weighted by Crippen LogP contribution is 2.18. The van der Waals surface area contributed by atoms with Gasteiger partial charge in [-0.3, -0.25) is 14.6 Å². The lowest BCUT2D eigenvalue weighted by molar-refractivity contribution is -0.139. The molecule has 0 aromatic heterocycles. The van der Waals surface area contributed by atoms with E-state index in [1.54, 1.807) is 0 Å². The van der Waals surface area contributed by atoms with Crippen molar-refractivity contribution < 1.29 is 9.90 Å². The molecule has 4 heteroatoms. The predicted octanol–water partition coefficient (Wildman–Crippen LogP) is 1.51. The predicted molar refractivity (Wildman–Crippen MR) is 69.2 cm³/mol. The van der Waals surface area contributed by atoms with Gasteiger partial charge in [0, 0.05) is 31.7 Å². The third-order valence-electron chi connectivity index (χ3n) is 3.38. The molecule has 0 aromatic carbocycles. The van der Waals surface area contributed by atoms with Crippen LogP contribution in [-0.4, -0.2) is 59.1 Å². The van der Waals surface area contributed by atoms with Gasteiger partial charge in [-0.25, -0.2) is 0 Å². The Morgan fingerprint density at radius 1 is 1.41 bits per heavy atom. The molecule has 0 aromatic rings. The molecule has 0 saturated carbocycles. The van der Waals surface area contributed by atoms with Gasteiger partial charge in [0.05, 0.1) is 6.54 Å². The fourth-order valence-electron chi connectivity index (χ4n) is 2.52. The maximum atomic E-state index is 10.9. The summed E-state index contributed by atoms with van der Waals surface area (Å²) in [7, 11) is 0. The molecule has 1 heterocycles. The van der Waals surface area contributed by atoms with Crippen molar-refractivity contribution in [2.45, 2.75) is 46.2 Å². The van der Waals surface area contributed by atoms with E-state index in [-0.39, 0.29) is 6.54 Å². The molecule has 17 heavy (non-hydrogen) atoms. The summed E-state index contributed by atoms with van der Waals surface area (Å²) in [5.74, 6) is -0.198. The highest BCUT2D eigenvalue weighted by Gasteiger charge is 2.30. The highest BCUT2D eigenvalue weighted by molar-refractivity contribution is 5.69. The topological polar surface area (TPSA) is 43.8 Å². The average Bonchev–Trinajstić information content (AvgIpc) is 2.63. The Bertz CT molecular complexity index is 254. The number of carboxylic acid groups (broad SMARTS) is 1. The SMILES string of the molecule is CC(C)CN(CC(=O)O)C1CCN(C(C)C)C1. The molecule has 1 unspecified atom stereocenters. The summed E-state index contributed by atoms with van der Waals surface area (Å²) in [5, 5.41) is 8.98. The first-order valence-corrected chi connectivity index (χ1v) is 6.60. The van der Waals surface area contributed by atoms with Gasteiger partial charge < -0.3 is 5.11 Å². The molecule has 1 rings (SSSR count). The molecule has 1 aliphatic rings. The first kappa shape index (κ1) is 14.5. The van der Waals surface area contributed by atoms with Crippen molar-refractivity contribution in [3.8, 4) is 0 Å². The Kier molecular flexibility index (Phi) is 5.40. The maximum Gasteiger partial charge on any atom is 0.317 e. The van der Waals surface area contributed by atoms with Gasteiger partial charge in [-0.05, 0) is 26.2 Å². The number of hydrogen-bond acceptors (Lipinski definition) is 3. The molecule has 1 atom stereocenters. The number of hydrogen-bond donors (Lipinski definition) is 1. The highest BCUT2D eigenvalue weighted by atomic mass is 16.4. The second-order valence-electron chi connectivity index (χ2n) is 5.75. The molecule has 4 nitrogen and oxygen atoms in total. The van der Waals surface area contributed by atoms with E-state index in [1.807, 2.05) is 0 Å². The van der Waals surface area contributed by atoms with Crippen LogP contribution in [0.25, 0.3) is 0 Å². The van der Waals surface area contributed by atoms with Crippen molar-refractivity contribution in [1.82, 2.24) is 9.80 Å². The molecule has 1 aliphatic heterocycles. The van der Waals surface area contributed by atoms with Crippen LogP contribution in [0.4, 0.5) is 0 Å². The molecule has 0 amide bonds. The zero-order valence-corrected chi connectivity index (χ0v) is 11.5. The molecule has 100 valence electrons. The van der Waals surface area contributed by atoms with E-state index in [0.29, 0.717) is 18.0 Å². The summed E-state index contributed by atoms with van der Waals surface area (Å²) in [6, 6.07) is 0.974. The molecule has 0 spiro atoms. The molecule has 0 aliphatic carbocycles. The van der Waals surface area contributed by atoms with Gasteiger partial charge in [0.1, 0.15) is 0 Å². The van der Waals surface area contributed by atoms with Gasteiger partial charge in [-0.1, -0.05) is 13.8 Å². The Morgan fingerprint density at radius 3 is 2.47 bits per heavy atom. The van der Waals surface area contributed by atoms with Gasteiger partial charge in [-0.15, -0.1) is 0 Å². The van der Waals surface area contributed by atoms with Gasteiger partial charge in [0.15, 0.2) is 0 Å². The molecular formula is C13H26N2O2. The van der Waals surface area contributed by atoms with Gasteiger partial charge in [-0.2, -0.15) is 0 Å². The molecule has 1 fully saturated rings. The average molecular weight is 242 g/mol. The molecule has 1 N–H and O–H groups in total. The minimum absolute atomic E-state index is 0.175. The van der Waals surface area contributed by atoms with Gasteiger partial charge >= 0.3 is 5.97 Å². The minimum atomic E-state index is -0.714. The minimum Gasteiger partial charge on any atom is -0.480 e. The molecule has 0 bridgehead atoms. The molecule has 1 saturated heterocycles. The normalized spacial score (nSPS) is 21.9. The van der Waals surface area contributed by atoms with Gasteiger partial charge in [0.2, 0.25) is 0 Å². The van der Waals surface area contributed by atoms with Gasteiger partial charge in [0.25, 0.3) is 0 Å². The van der Waals surface area contributed by atoms with Crippen molar-refractivity contribution >= 4 is 5.97 Å². The summed E-state index contributed by atoms with van der Waals surface area (Å²) in [5.41, 5.74) is 0. The summed E-state index contributed by atoms with van der Waals surface area (Å²) in [6.45, 7) is 11.8. The smallest absolute Gasteiger partial charge is 0.317 e.